The van der Waals surface area contributed by atoms with Crippen molar-refractivity contribution in [3.63, 3.8) is 0 Å². The number of nitrogens with zero attached hydrogens (tertiary/aromatic N) is 5. The fourth-order valence-corrected chi connectivity index (χ4v) is 3.75. The van der Waals surface area contributed by atoms with Gasteiger partial charge in [-0.05, 0) is 51.0 Å². The molecule has 1 amide bonds. The molecule has 2 fully saturated rings. The molecule has 1 saturated carbocycles. The highest BCUT2D eigenvalue weighted by Crippen LogP contribution is 2.40. The van der Waals surface area contributed by atoms with Crippen LogP contribution in [0.15, 0.2) is 34.9 Å². The van der Waals surface area contributed by atoms with Gasteiger partial charge in [0.05, 0.1) is 18.8 Å². The zero-order valence-electron chi connectivity index (χ0n) is 19.0. The Morgan fingerprint density at radius 1 is 1.12 bits per heavy atom. The molecule has 0 bridgehead atoms. The lowest BCUT2D eigenvalue weighted by molar-refractivity contribution is 0.0899. The third-order valence-corrected chi connectivity index (χ3v) is 6.00. The number of carbonyl (C=O) groups excluding carboxylic acids is 1. The van der Waals surface area contributed by atoms with Gasteiger partial charge in [-0.3, -0.25) is 4.79 Å². The van der Waals surface area contributed by atoms with E-state index in [2.05, 4.69) is 25.8 Å². The summed E-state index contributed by atoms with van der Waals surface area (Å²) in [5, 5.41) is 10.8. The molecule has 2 aliphatic rings. The minimum absolute atomic E-state index is 0.247. The van der Waals surface area contributed by atoms with Crippen LogP contribution in [-0.2, 0) is 10.3 Å². The highest BCUT2D eigenvalue weighted by atomic mass is 35.5. The van der Waals surface area contributed by atoms with Crippen molar-refractivity contribution in [1.82, 2.24) is 25.4 Å². The zero-order chi connectivity index (χ0) is 23.7. The predicted molar refractivity (Wildman–Crippen MR) is 127 cm³/mol. The number of rotatable bonds is 7. The summed E-state index contributed by atoms with van der Waals surface area (Å²) < 4.78 is 10.8. The molecular formula is C23H26ClN7O3. The molecule has 1 saturated heterocycles. The quantitative estimate of drug-likeness (QED) is 0.519. The highest BCUT2D eigenvalue weighted by Gasteiger charge is 2.32. The van der Waals surface area contributed by atoms with Crippen molar-refractivity contribution in [3.8, 4) is 0 Å². The van der Waals surface area contributed by atoms with E-state index in [0.717, 1.165) is 24.3 Å². The SMILES string of the molecule is CC(C)(NC(=O)c1cc(C2CC2)on1)c1nc(Nc2ccc(Cl)cc2)nc(N2CCOCC2)n1. The Labute approximate surface area is 202 Å². The maximum Gasteiger partial charge on any atom is 0.274 e. The lowest BCUT2D eigenvalue weighted by atomic mass is 10.0. The van der Waals surface area contributed by atoms with Gasteiger partial charge in [-0.2, -0.15) is 15.0 Å². The van der Waals surface area contributed by atoms with E-state index >= 15 is 0 Å². The molecule has 0 radical (unpaired) electrons. The summed E-state index contributed by atoms with van der Waals surface area (Å²) in [7, 11) is 0. The molecule has 1 aliphatic carbocycles. The second-order valence-electron chi connectivity index (χ2n) is 8.98. The van der Waals surface area contributed by atoms with Gasteiger partial charge >= 0.3 is 0 Å². The number of hydrogen-bond donors (Lipinski definition) is 2. The number of benzene rings is 1. The number of aromatic nitrogens is 4. The van der Waals surface area contributed by atoms with Gasteiger partial charge in [-0.15, -0.1) is 0 Å². The molecule has 5 rings (SSSR count). The van der Waals surface area contributed by atoms with Gasteiger partial charge in [0, 0.05) is 35.8 Å². The van der Waals surface area contributed by atoms with E-state index < -0.39 is 5.54 Å². The van der Waals surface area contributed by atoms with E-state index in [1.165, 1.54) is 0 Å². The second kappa shape index (κ2) is 9.19. The number of halogens is 1. The Morgan fingerprint density at radius 3 is 2.56 bits per heavy atom. The van der Waals surface area contributed by atoms with Crippen molar-refractivity contribution < 1.29 is 14.1 Å². The molecule has 178 valence electrons. The molecule has 34 heavy (non-hydrogen) atoms. The van der Waals surface area contributed by atoms with Crippen LogP contribution in [0.5, 0.6) is 0 Å². The van der Waals surface area contributed by atoms with Crippen molar-refractivity contribution in [1.29, 1.82) is 0 Å². The van der Waals surface area contributed by atoms with Gasteiger partial charge < -0.3 is 24.8 Å². The van der Waals surface area contributed by atoms with E-state index in [0.29, 0.717) is 55.0 Å². The topological polar surface area (TPSA) is 118 Å². The summed E-state index contributed by atoms with van der Waals surface area (Å²) in [5.41, 5.74) is 0.124. The number of amides is 1. The number of ether oxygens (including phenoxy) is 1. The van der Waals surface area contributed by atoms with Crippen LogP contribution in [-0.4, -0.2) is 52.3 Å². The Morgan fingerprint density at radius 2 is 1.85 bits per heavy atom. The van der Waals surface area contributed by atoms with E-state index in [1.54, 1.807) is 18.2 Å². The predicted octanol–water partition coefficient (Wildman–Crippen LogP) is 3.64. The molecule has 1 aliphatic heterocycles. The summed E-state index contributed by atoms with van der Waals surface area (Å²) in [6.07, 6.45) is 2.14. The first-order valence-electron chi connectivity index (χ1n) is 11.3. The van der Waals surface area contributed by atoms with Crippen LogP contribution in [0.2, 0.25) is 5.02 Å². The largest absolute Gasteiger partial charge is 0.378 e. The Balaban J connectivity index is 1.42. The van der Waals surface area contributed by atoms with Crippen LogP contribution >= 0.6 is 11.6 Å². The second-order valence-corrected chi connectivity index (χ2v) is 9.42. The first-order chi connectivity index (χ1) is 16.4. The van der Waals surface area contributed by atoms with E-state index in [4.69, 9.17) is 25.8 Å². The molecule has 11 heteroatoms. The molecule has 0 spiro atoms. The van der Waals surface area contributed by atoms with Gasteiger partial charge in [0.1, 0.15) is 5.76 Å². The van der Waals surface area contributed by atoms with E-state index in [1.807, 2.05) is 30.9 Å². The average Bonchev–Trinajstić information content (AvgIpc) is 3.56. The van der Waals surface area contributed by atoms with E-state index in [9.17, 15) is 4.79 Å². The highest BCUT2D eigenvalue weighted by molar-refractivity contribution is 6.30. The van der Waals surface area contributed by atoms with Crippen LogP contribution in [0.1, 0.15) is 54.7 Å². The standard InChI is InChI=1S/C23H26ClN7O3/c1-23(2,29-19(32)17-13-18(34-30-17)14-3-4-14)20-26-21(25-16-7-5-15(24)6-8-16)28-22(27-20)31-9-11-33-12-10-31/h5-8,13-14H,3-4,9-12H2,1-2H3,(H,29,32)(H,25,26,27,28). The Kier molecular flexibility index (Phi) is 6.09. The number of carbonyl (C=O) groups is 1. The monoisotopic (exact) mass is 483 g/mol. The van der Waals surface area contributed by atoms with E-state index in [-0.39, 0.29) is 11.6 Å². The van der Waals surface area contributed by atoms with Gasteiger partial charge in [0.15, 0.2) is 11.5 Å². The molecule has 2 N–H and O–H groups in total. The molecule has 3 heterocycles. The summed E-state index contributed by atoms with van der Waals surface area (Å²) in [4.78, 5) is 28.9. The molecule has 3 aromatic rings. The average molecular weight is 484 g/mol. The molecule has 10 nitrogen and oxygen atoms in total. The molecule has 0 atom stereocenters. The van der Waals surface area contributed by atoms with Crippen molar-refractivity contribution in [2.75, 3.05) is 36.5 Å². The fourth-order valence-electron chi connectivity index (χ4n) is 3.63. The summed E-state index contributed by atoms with van der Waals surface area (Å²) in [5.74, 6) is 2.09. The molecular weight excluding hydrogens is 458 g/mol. The fraction of sp³-hybridized carbons (Fsp3) is 0.435. The summed E-state index contributed by atoms with van der Waals surface area (Å²) in [6.45, 7) is 6.21. The summed E-state index contributed by atoms with van der Waals surface area (Å²) in [6, 6.07) is 8.97. The molecule has 0 unspecified atom stereocenters. The smallest absolute Gasteiger partial charge is 0.274 e. The molecule has 1 aromatic carbocycles. The maximum atomic E-state index is 12.9. The maximum absolute atomic E-state index is 12.9. The number of morpholine rings is 1. The van der Waals surface area contributed by atoms with Crippen molar-refractivity contribution in [2.24, 2.45) is 0 Å². The van der Waals surface area contributed by atoms with Crippen molar-refractivity contribution >= 4 is 35.1 Å². The number of nitrogens with one attached hydrogen (secondary N) is 2. The zero-order valence-corrected chi connectivity index (χ0v) is 19.8. The lowest BCUT2D eigenvalue weighted by Gasteiger charge is -2.29. The third kappa shape index (κ3) is 5.13. The number of anilines is 3. The first-order valence-corrected chi connectivity index (χ1v) is 11.7. The normalized spacial score (nSPS) is 16.4. The van der Waals surface area contributed by atoms with Crippen LogP contribution in [0, 0.1) is 0 Å². The number of hydrogen-bond acceptors (Lipinski definition) is 9. The van der Waals surface area contributed by atoms with Crippen LogP contribution in [0.3, 0.4) is 0 Å². The first kappa shape index (κ1) is 22.5. The van der Waals surface area contributed by atoms with Gasteiger partial charge in [0.25, 0.3) is 5.91 Å². The molecule has 2 aromatic heterocycles. The van der Waals surface area contributed by atoms with Crippen molar-refractivity contribution in [3.05, 3.63) is 52.6 Å². The van der Waals surface area contributed by atoms with Crippen molar-refractivity contribution in [2.45, 2.75) is 38.1 Å². The Hall–Kier alpha value is -3.24. The minimum Gasteiger partial charge on any atom is -0.378 e. The third-order valence-electron chi connectivity index (χ3n) is 5.74. The van der Waals surface area contributed by atoms with Gasteiger partial charge in [-0.1, -0.05) is 16.8 Å². The Bertz CT molecular complexity index is 1170. The minimum atomic E-state index is -0.907. The summed E-state index contributed by atoms with van der Waals surface area (Å²) >= 11 is 6.01. The van der Waals surface area contributed by atoms with Gasteiger partial charge in [0.2, 0.25) is 11.9 Å². The van der Waals surface area contributed by atoms with Crippen LogP contribution in [0.4, 0.5) is 17.6 Å². The van der Waals surface area contributed by atoms with Gasteiger partial charge in [-0.25, -0.2) is 0 Å². The lowest BCUT2D eigenvalue weighted by Crippen LogP contribution is -2.43. The van der Waals surface area contributed by atoms with Crippen LogP contribution in [0.25, 0.3) is 0 Å². The van der Waals surface area contributed by atoms with Crippen LogP contribution < -0.4 is 15.5 Å².